The van der Waals surface area contributed by atoms with Crippen LogP contribution in [-0.2, 0) is 0 Å². The van der Waals surface area contributed by atoms with Gasteiger partial charge < -0.3 is 9.46 Å². The fourth-order valence-electron chi connectivity index (χ4n) is 2.39. The van der Waals surface area contributed by atoms with Gasteiger partial charge in [-0.15, -0.1) is 0 Å². The van der Waals surface area contributed by atoms with Gasteiger partial charge in [-0.05, 0) is 30.1 Å². The molecule has 0 saturated carbocycles. The number of nitrogens with zero attached hydrogens (tertiary/aromatic N) is 4. The van der Waals surface area contributed by atoms with E-state index in [1.165, 1.54) is 25.6 Å². The highest BCUT2D eigenvalue weighted by atomic mass is 35.5. The van der Waals surface area contributed by atoms with Crippen molar-refractivity contribution in [2.75, 3.05) is 11.8 Å². The Bertz CT molecular complexity index is 1250. The van der Waals surface area contributed by atoms with Crippen molar-refractivity contribution in [2.24, 2.45) is 0 Å². The highest BCUT2D eigenvalue weighted by Gasteiger charge is 2.11. The highest BCUT2D eigenvalue weighted by molar-refractivity contribution is 8.00. The van der Waals surface area contributed by atoms with E-state index >= 15 is 0 Å². The van der Waals surface area contributed by atoms with Crippen LogP contribution in [0.5, 0.6) is 5.88 Å². The molecule has 4 aromatic rings. The molecule has 0 aliphatic heterocycles. The lowest BCUT2D eigenvalue weighted by atomic mass is 10.2. The van der Waals surface area contributed by atoms with Crippen LogP contribution in [0.3, 0.4) is 0 Å². The number of aromatic nitrogens is 5. The molecule has 0 bridgehead atoms. The molecule has 2 N–H and O–H groups in total. The number of fused-ring (bicyclic) bond motifs is 1. The van der Waals surface area contributed by atoms with E-state index in [9.17, 15) is 4.39 Å². The number of methoxy groups -OCH3 is 1. The molecule has 7 nitrogen and oxygen atoms in total. The normalized spacial score (nSPS) is 10.4. The zero-order valence-electron chi connectivity index (χ0n) is 14.9. The Morgan fingerprint density at radius 1 is 1.17 bits per heavy atom. The maximum Gasteiger partial charge on any atom is 0.228 e. The van der Waals surface area contributed by atoms with E-state index in [0.717, 1.165) is 17.3 Å². The summed E-state index contributed by atoms with van der Waals surface area (Å²) in [4.78, 5) is 12.9. The average molecular weight is 427 g/mol. The number of rotatable bonds is 4. The van der Waals surface area contributed by atoms with E-state index in [4.69, 9.17) is 16.3 Å². The summed E-state index contributed by atoms with van der Waals surface area (Å²) >= 11 is 7.05. The maximum atomic E-state index is 14.8. The van der Waals surface area contributed by atoms with Crippen LogP contribution in [0.1, 0.15) is 11.1 Å². The van der Waals surface area contributed by atoms with Crippen LogP contribution < -0.4 is 9.46 Å². The predicted molar refractivity (Wildman–Crippen MR) is 109 cm³/mol. The van der Waals surface area contributed by atoms with E-state index < -0.39 is 5.82 Å². The van der Waals surface area contributed by atoms with Crippen LogP contribution in [0.25, 0.3) is 11.0 Å². The van der Waals surface area contributed by atoms with E-state index in [2.05, 4.69) is 41.7 Å². The van der Waals surface area contributed by atoms with Crippen molar-refractivity contribution in [3.63, 3.8) is 0 Å². The number of pyridine rings is 3. The molecule has 0 saturated heterocycles. The molecule has 4 heterocycles. The zero-order chi connectivity index (χ0) is 20.2. The van der Waals surface area contributed by atoms with Crippen LogP contribution >= 0.6 is 23.5 Å². The van der Waals surface area contributed by atoms with E-state index in [1.807, 2.05) is 6.07 Å². The third kappa shape index (κ3) is 4.23. The molecule has 144 valence electrons. The van der Waals surface area contributed by atoms with E-state index in [1.54, 1.807) is 18.5 Å². The standard InChI is InChI=1S/C19H12ClFN6OS/c1-28-19-15(7-14(20)10-24-19)29-27-18-16(21)12(4-5-22-18)3-2-11-6-13-9-25-26-17(13)23-8-11/h4-10H,1H3,(H,22,27)(H,23,25,26). The Hall–Kier alpha value is -3.35. The first-order chi connectivity index (χ1) is 14.1. The minimum absolute atomic E-state index is 0.0345. The molecule has 0 spiro atoms. The third-order valence-corrected chi connectivity index (χ3v) is 4.77. The van der Waals surface area contributed by atoms with Crippen molar-refractivity contribution in [3.05, 3.63) is 65.0 Å². The fourth-order valence-corrected chi connectivity index (χ4v) is 3.37. The largest absolute Gasteiger partial charge is 0.480 e. The predicted octanol–water partition coefficient (Wildman–Crippen LogP) is 4.07. The number of hydrogen-bond acceptors (Lipinski definition) is 7. The minimum Gasteiger partial charge on any atom is -0.480 e. The number of anilines is 1. The van der Waals surface area contributed by atoms with Gasteiger partial charge in [-0.25, -0.2) is 19.3 Å². The second-order valence-electron chi connectivity index (χ2n) is 5.67. The molecule has 0 fully saturated rings. The number of hydrogen-bond donors (Lipinski definition) is 2. The van der Waals surface area contributed by atoms with Crippen LogP contribution in [0.15, 0.2) is 47.9 Å². The third-order valence-electron chi connectivity index (χ3n) is 3.76. The first-order valence-electron chi connectivity index (χ1n) is 8.22. The van der Waals surface area contributed by atoms with Crippen molar-refractivity contribution in [1.82, 2.24) is 25.1 Å². The van der Waals surface area contributed by atoms with E-state index in [-0.39, 0.29) is 11.4 Å². The van der Waals surface area contributed by atoms with Gasteiger partial charge >= 0.3 is 0 Å². The quantitative estimate of drug-likeness (QED) is 0.375. The maximum absolute atomic E-state index is 14.8. The van der Waals surface area contributed by atoms with Crippen molar-refractivity contribution < 1.29 is 9.13 Å². The second-order valence-corrected chi connectivity index (χ2v) is 6.95. The number of aromatic amines is 1. The van der Waals surface area contributed by atoms with Gasteiger partial charge in [0.1, 0.15) is 0 Å². The Morgan fingerprint density at radius 2 is 2.07 bits per heavy atom. The SMILES string of the molecule is COc1ncc(Cl)cc1SNc1nccc(C#Cc2cnc3[nH]ncc3c2)c1F. The lowest BCUT2D eigenvalue weighted by Crippen LogP contribution is -1.98. The fraction of sp³-hybridized carbons (Fsp3) is 0.0526. The second kappa shape index (κ2) is 8.34. The van der Waals surface area contributed by atoms with Gasteiger partial charge in [-0.2, -0.15) is 5.10 Å². The summed E-state index contributed by atoms with van der Waals surface area (Å²) in [5, 5.41) is 7.94. The zero-order valence-corrected chi connectivity index (χ0v) is 16.5. The molecule has 4 aromatic heterocycles. The van der Waals surface area contributed by atoms with Gasteiger partial charge in [-0.1, -0.05) is 23.4 Å². The lowest BCUT2D eigenvalue weighted by Gasteiger charge is -2.09. The van der Waals surface area contributed by atoms with Crippen molar-refractivity contribution >= 4 is 40.4 Å². The summed E-state index contributed by atoms with van der Waals surface area (Å²) in [5.41, 5.74) is 1.51. The minimum atomic E-state index is -0.571. The summed E-state index contributed by atoms with van der Waals surface area (Å²) in [6.07, 6.45) is 6.19. The molecule has 0 amide bonds. The van der Waals surface area contributed by atoms with Crippen LogP contribution in [0.2, 0.25) is 5.02 Å². The first-order valence-corrected chi connectivity index (χ1v) is 9.41. The molecule has 0 aliphatic carbocycles. The van der Waals surface area contributed by atoms with Gasteiger partial charge in [0.15, 0.2) is 17.3 Å². The number of ether oxygens (including phenoxy) is 1. The topological polar surface area (TPSA) is 88.6 Å². The average Bonchev–Trinajstić information content (AvgIpc) is 3.20. The molecular weight excluding hydrogens is 415 g/mol. The Kier molecular flexibility index (Phi) is 5.46. The molecule has 10 heteroatoms. The van der Waals surface area contributed by atoms with Crippen molar-refractivity contribution in [1.29, 1.82) is 0 Å². The Morgan fingerprint density at radius 3 is 2.93 bits per heavy atom. The summed E-state index contributed by atoms with van der Waals surface area (Å²) < 4.78 is 22.8. The molecule has 0 atom stereocenters. The molecular formula is C19H12ClFN6OS. The van der Waals surface area contributed by atoms with Gasteiger partial charge in [0.05, 0.1) is 28.8 Å². The van der Waals surface area contributed by atoms with Crippen LogP contribution in [0.4, 0.5) is 10.2 Å². The summed E-state index contributed by atoms with van der Waals surface area (Å²) in [6.45, 7) is 0. The van der Waals surface area contributed by atoms with Gasteiger partial charge in [0.2, 0.25) is 5.88 Å². The molecule has 0 aromatic carbocycles. The van der Waals surface area contributed by atoms with Crippen LogP contribution in [0, 0.1) is 17.7 Å². The smallest absolute Gasteiger partial charge is 0.228 e. The first kappa shape index (κ1) is 19.0. The molecule has 0 unspecified atom stereocenters. The van der Waals surface area contributed by atoms with Gasteiger partial charge in [-0.3, -0.25) is 5.10 Å². The summed E-state index contributed by atoms with van der Waals surface area (Å²) in [5.74, 6) is 5.55. The molecule has 4 rings (SSSR count). The van der Waals surface area contributed by atoms with Crippen LogP contribution in [-0.4, -0.2) is 32.3 Å². The van der Waals surface area contributed by atoms with Crippen molar-refractivity contribution in [2.45, 2.75) is 4.90 Å². The van der Waals surface area contributed by atoms with Gasteiger partial charge in [0, 0.05) is 29.5 Å². The summed E-state index contributed by atoms with van der Waals surface area (Å²) in [7, 11) is 1.49. The Labute approximate surface area is 174 Å². The number of halogens is 2. The molecule has 29 heavy (non-hydrogen) atoms. The molecule has 0 aliphatic rings. The number of nitrogens with one attached hydrogen (secondary N) is 2. The lowest BCUT2D eigenvalue weighted by molar-refractivity contribution is 0.387. The van der Waals surface area contributed by atoms with E-state index in [0.29, 0.717) is 27.0 Å². The monoisotopic (exact) mass is 426 g/mol. The van der Waals surface area contributed by atoms with Gasteiger partial charge in [0.25, 0.3) is 0 Å². The van der Waals surface area contributed by atoms with Crippen molar-refractivity contribution in [3.8, 4) is 17.7 Å². The summed E-state index contributed by atoms with van der Waals surface area (Å²) in [6, 6.07) is 4.99. The molecule has 0 radical (unpaired) electrons. The number of H-pyrrole nitrogens is 1. The highest BCUT2D eigenvalue weighted by Crippen LogP contribution is 2.30. The Balaban J connectivity index is 1.56.